The molecule has 0 spiro atoms. The average Bonchev–Trinajstić information content (AvgIpc) is 2.38. The van der Waals surface area contributed by atoms with Gasteiger partial charge in [-0.3, -0.25) is 9.59 Å². The van der Waals surface area contributed by atoms with Gasteiger partial charge in [0.25, 0.3) is 0 Å². The Morgan fingerprint density at radius 3 is 2.30 bits per heavy atom. The second-order valence-corrected chi connectivity index (χ2v) is 5.34. The smallest absolute Gasteiger partial charge is 0.308 e. The molecule has 1 aromatic carbocycles. The van der Waals surface area contributed by atoms with Crippen molar-refractivity contribution in [3.63, 3.8) is 0 Å². The van der Waals surface area contributed by atoms with Crippen LogP contribution in [0.1, 0.15) is 29.9 Å². The van der Waals surface area contributed by atoms with E-state index < -0.39 is 35.8 Å². The first-order valence-electron chi connectivity index (χ1n) is 6.62. The second kappa shape index (κ2) is 5.63. The normalized spacial score (nSPS) is 29.9. The Kier molecular flexibility index (Phi) is 4.09. The number of aryl methyl sites for hydroxylation is 1. The van der Waals surface area contributed by atoms with Gasteiger partial charge in [0, 0.05) is 5.92 Å². The highest BCUT2D eigenvalue weighted by atomic mass is 16.4. The van der Waals surface area contributed by atoms with Crippen molar-refractivity contribution in [2.45, 2.75) is 31.8 Å². The Balaban J connectivity index is 2.48. The standard InChI is InChI=1S/C15H18O5/c1-8-4-2-3-5-9(8)12-11(16)7-6-10(14(17)18)13(12)15(19)20/h2-5,10-13,16H,6-7H2,1H3,(H,17,18)(H,19,20)/t10-,11-,12+,13+/m1/s1. The molecule has 4 atom stereocenters. The van der Waals surface area contributed by atoms with Crippen LogP contribution in [-0.4, -0.2) is 33.4 Å². The summed E-state index contributed by atoms with van der Waals surface area (Å²) in [6.07, 6.45) is -0.330. The first-order chi connectivity index (χ1) is 9.43. The van der Waals surface area contributed by atoms with Gasteiger partial charge in [0.05, 0.1) is 17.9 Å². The molecule has 1 aromatic rings. The molecule has 20 heavy (non-hydrogen) atoms. The van der Waals surface area contributed by atoms with Gasteiger partial charge in [0.1, 0.15) is 0 Å². The molecule has 0 heterocycles. The van der Waals surface area contributed by atoms with E-state index in [1.807, 2.05) is 19.1 Å². The van der Waals surface area contributed by atoms with E-state index >= 15 is 0 Å². The maximum Gasteiger partial charge on any atom is 0.308 e. The Labute approximate surface area is 116 Å². The summed E-state index contributed by atoms with van der Waals surface area (Å²) >= 11 is 0. The largest absolute Gasteiger partial charge is 0.481 e. The van der Waals surface area contributed by atoms with Crippen molar-refractivity contribution in [3.05, 3.63) is 35.4 Å². The number of carboxylic acid groups (broad SMARTS) is 2. The predicted molar refractivity (Wildman–Crippen MR) is 71.4 cm³/mol. The average molecular weight is 278 g/mol. The van der Waals surface area contributed by atoms with Crippen LogP contribution < -0.4 is 0 Å². The number of carbonyl (C=O) groups is 2. The molecule has 5 nitrogen and oxygen atoms in total. The highest BCUT2D eigenvalue weighted by molar-refractivity contribution is 5.81. The zero-order valence-electron chi connectivity index (χ0n) is 11.2. The van der Waals surface area contributed by atoms with Gasteiger partial charge in [-0.1, -0.05) is 24.3 Å². The molecule has 108 valence electrons. The van der Waals surface area contributed by atoms with Gasteiger partial charge >= 0.3 is 11.9 Å². The van der Waals surface area contributed by atoms with Crippen LogP contribution in [0, 0.1) is 18.8 Å². The van der Waals surface area contributed by atoms with Gasteiger partial charge in [-0.25, -0.2) is 0 Å². The van der Waals surface area contributed by atoms with Crippen LogP contribution in [0.15, 0.2) is 24.3 Å². The van der Waals surface area contributed by atoms with E-state index in [-0.39, 0.29) is 6.42 Å². The van der Waals surface area contributed by atoms with E-state index in [4.69, 9.17) is 0 Å². The molecule has 0 amide bonds. The number of benzene rings is 1. The lowest BCUT2D eigenvalue weighted by molar-refractivity contribution is -0.159. The number of aliphatic hydroxyl groups excluding tert-OH is 1. The van der Waals surface area contributed by atoms with Crippen LogP contribution in [0.3, 0.4) is 0 Å². The molecule has 1 saturated carbocycles. The first kappa shape index (κ1) is 14.5. The molecular formula is C15H18O5. The number of aliphatic hydroxyl groups is 1. The van der Waals surface area contributed by atoms with Crippen molar-refractivity contribution in [1.82, 2.24) is 0 Å². The fourth-order valence-electron chi connectivity index (χ4n) is 3.16. The summed E-state index contributed by atoms with van der Waals surface area (Å²) in [5.74, 6) is -5.01. The third kappa shape index (κ3) is 2.54. The van der Waals surface area contributed by atoms with Crippen LogP contribution in [-0.2, 0) is 9.59 Å². The third-order valence-corrected chi connectivity index (χ3v) is 4.16. The van der Waals surface area contributed by atoms with Crippen LogP contribution in [0.4, 0.5) is 0 Å². The minimum Gasteiger partial charge on any atom is -0.481 e. The number of hydrogen-bond acceptors (Lipinski definition) is 3. The van der Waals surface area contributed by atoms with E-state index in [2.05, 4.69) is 0 Å². The summed E-state index contributed by atoms with van der Waals surface area (Å²) in [5.41, 5.74) is 1.59. The highest BCUT2D eigenvalue weighted by Gasteiger charge is 2.47. The Morgan fingerprint density at radius 1 is 1.10 bits per heavy atom. The molecule has 0 aromatic heterocycles. The van der Waals surface area contributed by atoms with Crippen molar-refractivity contribution < 1.29 is 24.9 Å². The van der Waals surface area contributed by atoms with Crippen molar-refractivity contribution >= 4 is 11.9 Å². The summed E-state index contributed by atoms with van der Waals surface area (Å²) in [6, 6.07) is 7.21. The molecule has 1 aliphatic carbocycles. The minimum absolute atomic E-state index is 0.190. The fraction of sp³-hybridized carbons (Fsp3) is 0.467. The topological polar surface area (TPSA) is 94.8 Å². The molecule has 0 saturated heterocycles. The predicted octanol–water partition coefficient (Wildman–Crippen LogP) is 1.63. The zero-order chi connectivity index (χ0) is 14.9. The fourth-order valence-corrected chi connectivity index (χ4v) is 3.16. The maximum atomic E-state index is 11.5. The number of hydrogen-bond donors (Lipinski definition) is 3. The zero-order valence-corrected chi connectivity index (χ0v) is 11.2. The summed E-state index contributed by atoms with van der Waals surface area (Å²) in [6.45, 7) is 1.84. The van der Waals surface area contributed by atoms with Gasteiger partial charge in [-0.2, -0.15) is 0 Å². The van der Waals surface area contributed by atoms with E-state index in [9.17, 15) is 24.9 Å². The maximum absolute atomic E-state index is 11.5. The van der Waals surface area contributed by atoms with Crippen LogP contribution in [0.5, 0.6) is 0 Å². The van der Waals surface area contributed by atoms with Crippen molar-refractivity contribution in [1.29, 1.82) is 0 Å². The Morgan fingerprint density at radius 2 is 1.75 bits per heavy atom. The van der Waals surface area contributed by atoms with E-state index in [0.29, 0.717) is 6.42 Å². The Bertz CT molecular complexity index is 525. The van der Waals surface area contributed by atoms with Gasteiger partial charge in [0.15, 0.2) is 0 Å². The lowest BCUT2D eigenvalue weighted by Crippen LogP contribution is -2.43. The van der Waals surface area contributed by atoms with Crippen LogP contribution in [0.2, 0.25) is 0 Å². The number of rotatable bonds is 3. The van der Waals surface area contributed by atoms with Gasteiger partial charge in [-0.15, -0.1) is 0 Å². The van der Waals surface area contributed by atoms with Crippen molar-refractivity contribution in [2.24, 2.45) is 11.8 Å². The van der Waals surface area contributed by atoms with Crippen LogP contribution in [0.25, 0.3) is 0 Å². The SMILES string of the molecule is Cc1ccccc1[C@@H]1[C@@H](C(=O)O)[C@H](C(=O)O)CC[C@H]1O. The molecule has 0 radical (unpaired) electrons. The van der Waals surface area contributed by atoms with Crippen LogP contribution >= 0.6 is 0 Å². The summed E-state index contributed by atoms with van der Waals surface area (Å²) in [5, 5.41) is 28.9. The van der Waals surface area contributed by atoms with E-state index in [1.54, 1.807) is 12.1 Å². The third-order valence-electron chi connectivity index (χ3n) is 4.16. The van der Waals surface area contributed by atoms with E-state index in [0.717, 1.165) is 11.1 Å². The summed E-state index contributed by atoms with van der Waals surface area (Å²) in [7, 11) is 0. The quantitative estimate of drug-likeness (QED) is 0.781. The number of carboxylic acids is 2. The molecule has 1 fully saturated rings. The molecular weight excluding hydrogens is 260 g/mol. The second-order valence-electron chi connectivity index (χ2n) is 5.34. The minimum atomic E-state index is -1.16. The molecule has 1 aliphatic rings. The molecule has 5 heteroatoms. The van der Waals surface area contributed by atoms with Gasteiger partial charge in [0.2, 0.25) is 0 Å². The van der Waals surface area contributed by atoms with Gasteiger partial charge < -0.3 is 15.3 Å². The summed E-state index contributed by atoms with van der Waals surface area (Å²) in [4.78, 5) is 22.8. The van der Waals surface area contributed by atoms with Crippen molar-refractivity contribution in [3.8, 4) is 0 Å². The van der Waals surface area contributed by atoms with Gasteiger partial charge in [-0.05, 0) is 30.9 Å². The molecule has 3 N–H and O–H groups in total. The monoisotopic (exact) mass is 278 g/mol. The molecule has 0 unspecified atom stereocenters. The van der Waals surface area contributed by atoms with Crippen molar-refractivity contribution in [2.75, 3.05) is 0 Å². The highest BCUT2D eigenvalue weighted by Crippen LogP contribution is 2.42. The molecule has 0 bridgehead atoms. The Hall–Kier alpha value is -1.88. The van der Waals surface area contributed by atoms with E-state index in [1.165, 1.54) is 0 Å². The molecule has 0 aliphatic heterocycles. The summed E-state index contributed by atoms with van der Waals surface area (Å²) < 4.78 is 0. The first-order valence-corrected chi connectivity index (χ1v) is 6.62. The lowest BCUT2D eigenvalue weighted by Gasteiger charge is -2.37. The lowest BCUT2D eigenvalue weighted by atomic mass is 9.67. The number of aliphatic carboxylic acids is 2. The molecule has 2 rings (SSSR count).